The molecular formula is C12H19N5O2S. The van der Waals surface area contributed by atoms with E-state index in [0.29, 0.717) is 18.8 Å². The molecule has 1 aliphatic heterocycles. The van der Waals surface area contributed by atoms with Crippen molar-refractivity contribution in [2.45, 2.75) is 39.3 Å². The fourth-order valence-corrected chi connectivity index (χ4v) is 4.39. The Kier molecular flexibility index (Phi) is 3.00. The molecule has 3 heterocycles. The maximum absolute atomic E-state index is 11.6. The zero-order valence-corrected chi connectivity index (χ0v) is 12.5. The zero-order chi connectivity index (χ0) is 14.5. The predicted molar refractivity (Wildman–Crippen MR) is 77.3 cm³/mol. The van der Waals surface area contributed by atoms with Crippen LogP contribution in [0.3, 0.4) is 0 Å². The highest BCUT2D eigenvalue weighted by atomic mass is 32.2. The molecule has 110 valence electrons. The van der Waals surface area contributed by atoms with Crippen molar-refractivity contribution in [1.29, 1.82) is 0 Å². The Morgan fingerprint density at radius 3 is 2.60 bits per heavy atom. The Bertz CT molecular complexity index is 744. The Hall–Kier alpha value is -1.57. The fraction of sp³-hybridized carbons (Fsp3) is 0.667. The molecule has 3 rings (SSSR count). The molecule has 0 amide bonds. The third-order valence-corrected chi connectivity index (χ3v) is 5.68. The summed E-state index contributed by atoms with van der Waals surface area (Å²) in [7, 11) is -2.88. The van der Waals surface area contributed by atoms with Crippen LogP contribution in [0.1, 0.15) is 31.5 Å². The lowest BCUT2D eigenvalue weighted by atomic mass is 10.1. The van der Waals surface area contributed by atoms with E-state index in [1.165, 1.54) is 0 Å². The summed E-state index contributed by atoms with van der Waals surface area (Å²) in [6.07, 6.45) is 1.18. The van der Waals surface area contributed by atoms with E-state index >= 15 is 0 Å². The van der Waals surface area contributed by atoms with Gasteiger partial charge in [0.15, 0.2) is 5.65 Å². The lowest BCUT2D eigenvalue weighted by Gasteiger charge is -2.24. The van der Waals surface area contributed by atoms with Crippen LogP contribution in [-0.4, -0.2) is 39.3 Å². The average molecular weight is 297 g/mol. The summed E-state index contributed by atoms with van der Waals surface area (Å²) in [5, 5.41) is 4.45. The highest BCUT2D eigenvalue weighted by Gasteiger charge is 2.29. The standard InChI is InChI=1S/C12H19N5O2S/c1-3-16-11-10(8(2)15-16)14-12(13)17(11)9-4-6-20(18,19)7-5-9/h9H,3-7H2,1-2H3,(H2,13,14). The number of rotatable bonds is 2. The second kappa shape index (κ2) is 4.47. The van der Waals surface area contributed by atoms with Gasteiger partial charge in [-0.25, -0.2) is 18.1 Å². The molecular weight excluding hydrogens is 278 g/mol. The summed E-state index contributed by atoms with van der Waals surface area (Å²) < 4.78 is 27.0. The molecule has 2 aromatic heterocycles. The first-order valence-electron chi connectivity index (χ1n) is 6.84. The van der Waals surface area contributed by atoms with Crippen molar-refractivity contribution in [3.05, 3.63) is 5.69 Å². The number of nitrogens with two attached hydrogens (primary N) is 1. The van der Waals surface area contributed by atoms with Gasteiger partial charge >= 0.3 is 0 Å². The van der Waals surface area contributed by atoms with Crippen LogP contribution in [0.25, 0.3) is 11.2 Å². The molecule has 0 saturated carbocycles. The molecule has 2 aromatic rings. The van der Waals surface area contributed by atoms with Gasteiger partial charge in [0.25, 0.3) is 0 Å². The van der Waals surface area contributed by atoms with Gasteiger partial charge in [0.2, 0.25) is 5.95 Å². The third kappa shape index (κ3) is 1.98. The van der Waals surface area contributed by atoms with Crippen molar-refractivity contribution in [1.82, 2.24) is 19.3 Å². The SMILES string of the molecule is CCn1nc(C)c2nc(N)n(C3CCS(=O)(=O)CC3)c21. The first kappa shape index (κ1) is 13.4. The van der Waals surface area contributed by atoms with Crippen LogP contribution < -0.4 is 5.73 Å². The van der Waals surface area contributed by atoms with Crippen molar-refractivity contribution >= 4 is 26.9 Å². The summed E-state index contributed by atoms with van der Waals surface area (Å²) in [5.41, 5.74) is 8.63. The highest BCUT2D eigenvalue weighted by Crippen LogP contribution is 2.31. The summed E-state index contributed by atoms with van der Waals surface area (Å²) in [4.78, 5) is 4.40. The van der Waals surface area contributed by atoms with Gasteiger partial charge in [0.1, 0.15) is 15.4 Å². The maximum Gasteiger partial charge on any atom is 0.202 e. The maximum atomic E-state index is 11.6. The molecule has 1 saturated heterocycles. The van der Waals surface area contributed by atoms with E-state index in [9.17, 15) is 8.42 Å². The highest BCUT2D eigenvalue weighted by molar-refractivity contribution is 7.91. The van der Waals surface area contributed by atoms with Crippen molar-refractivity contribution in [2.75, 3.05) is 17.2 Å². The molecule has 0 radical (unpaired) electrons. The minimum atomic E-state index is -2.88. The number of fused-ring (bicyclic) bond motifs is 1. The number of nitrogens with zero attached hydrogens (tertiary/aromatic N) is 4. The number of anilines is 1. The Morgan fingerprint density at radius 2 is 2.00 bits per heavy atom. The Balaban J connectivity index is 2.09. The van der Waals surface area contributed by atoms with Gasteiger partial charge < -0.3 is 5.73 Å². The molecule has 20 heavy (non-hydrogen) atoms. The summed E-state index contributed by atoms with van der Waals surface area (Å²) in [6.45, 7) is 4.67. The van der Waals surface area contributed by atoms with Gasteiger partial charge in [-0.05, 0) is 26.7 Å². The Labute approximate surface area is 117 Å². The molecule has 7 nitrogen and oxygen atoms in total. The average Bonchev–Trinajstić information content (AvgIpc) is 2.87. The summed E-state index contributed by atoms with van der Waals surface area (Å²) >= 11 is 0. The summed E-state index contributed by atoms with van der Waals surface area (Å²) in [6, 6.07) is 0.0879. The zero-order valence-electron chi connectivity index (χ0n) is 11.7. The molecule has 0 aromatic carbocycles. The monoisotopic (exact) mass is 297 g/mol. The Morgan fingerprint density at radius 1 is 1.35 bits per heavy atom. The minimum absolute atomic E-state index is 0.0879. The number of aryl methyl sites for hydroxylation is 2. The van der Waals surface area contributed by atoms with E-state index in [1.807, 2.05) is 23.1 Å². The number of nitrogen functional groups attached to an aromatic ring is 1. The van der Waals surface area contributed by atoms with Gasteiger partial charge in [-0.15, -0.1) is 0 Å². The fourth-order valence-electron chi connectivity index (χ4n) is 2.92. The van der Waals surface area contributed by atoms with Gasteiger partial charge in [0, 0.05) is 12.6 Å². The van der Waals surface area contributed by atoms with Gasteiger partial charge in [-0.1, -0.05) is 0 Å². The second-order valence-electron chi connectivity index (χ2n) is 5.30. The van der Waals surface area contributed by atoms with Crippen LogP contribution in [0.15, 0.2) is 0 Å². The number of hydrogen-bond acceptors (Lipinski definition) is 5. The third-order valence-electron chi connectivity index (χ3n) is 3.96. The van der Waals surface area contributed by atoms with E-state index < -0.39 is 9.84 Å². The normalized spacial score (nSPS) is 19.7. The largest absolute Gasteiger partial charge is 0.369 e. The number of aromatic nitrogens is 4. The van der Waals surface area contributed by atoms with Gasteiger partial charge in [-0.2, -0.15) is 5.10 Å². The number of hydrogen-bond donors (Lipinski definition) is 1. The minimum Gasteiger partial charge on any atom is -0.369 e. The second-order valence-corrected chi connectivity index (χ2v) is 7.60. The quantitative estimate of drug-likeness (QED) is 0.888. The molecule has 1 aliphatic rings. The van der Waals surface area contributed by atoms with Gasteiger partial charge in [-0.3, -0.25) is 4.57 Å². The predicted octanol–water partition coefficient (Wildman–Crippen LogP) is 0.893. The first-order valence-corrected chi connectivity index (χ1v) is 8.66. The smallest absolute Gasteiger partial charge is 0.202 e. The van der Waals surface area contributed by atoms with Crippen LogP contribution in [-0.2, 0) is 16.4 Å². The van der Waals surface area contributed by atoms with Crippen LogP contribution in [0, 0.1) is 6.92 Å². The summed E-state index contributed by atoms with van der Waals surface area (Å²) in [5.74, 6) is 0.887. The van der Waals surface area contributed by atoms with Crippen LogP contribution in [0.5, 0.6) is 0 Å². The lowest BCUT2D eigenvalue weighted by molar-refractivity contribution is 0.455. The lowest BCUT2D eigenvalue weighted by Crippen LogP contribution is -2.26. The van der Waals surface area contributed by atoms with Crippen molar-refractivity contribution < 1.29 is 8.42 Å². The molecule has 1 fully saturated rings. The molecule has 0 atom stereocenters. The molecule has 8 heteroatoms. The first-order chi connectivity index (χ1) is 9.43. The van der Waals surface area contributed by atoms with E-state index in [2.05, 4.69) is 10.1 Å². The van der Waals surface area contributed by atoms with Gasteiger partial charge in [0.05, 0.1) is 17.2 Å². The van der Waals surface area contributed by atoms with Crippen LogP contribution >= 0.6 is 0 Å². The van der Waals surface area contributed by atoms with Crippen molar-refractivity contribution in [3.63, 3.8) is 0 Å². The van der Waals surface area contributed by atoms with Crippen molar-refractivity contribution in [3.8, 4) is 0 Å². The molecule has 2 N–H and O–H groups in total. The van der Waals surface area contributed by atoms with E-state index in [-0.39, 0.29) is 17.5 Å². The molecule has 0 bridgehead atoms. The van der Waals surface area contributed by atoms with Crippen molar-refractivity contribution in [2.24, 2.45) is 0 Å². The number of imidazole rings is 1. The molecule has 0 spiro atoms. The van der Waals surface area contributed by atoms with Crippen LogP contribution in [0.4, 0.5) is 5.95 Å². The topological polar surface area (TPSA) is 95.8 Å². The van der Waals surface area contributed by atoms with E-state index in [1.54, 1.807) is 0 Å². The van der Waals surface area contributed by atoms with E-state index in [0.717, 1.165) is 23.4 Å². The molecule has 0 aliphatic carbocycles. The number of sulfone groups is 1. The molecule has 0 unspecified atom stereocenters. The van der Waals surface area contributed by atoms with Crippen LogP contribution in [0.2, 0.25) is 0 Å². The van der Waals surface area contributed by atoms with E-state index in [4.69, 9.17) is 5.73 Å².